The number of amides is 1. The van der Waals surface area contributed by atoms with Gasteiger partial charge in [0.15, 0.2) is 11.5 Å². The SMILES string of the molecule is COc1ccc(/C=N/NC(=O)c2cnc(-c3ccccc3C)s2)cc1O. The number of ether oxygens (including phenoxy) is 1. The van der Waals surface area contributed by atoms with Crippen molar-refractivity contribution in [2.24, 2.45) is 5.10 Å². The lowest BCUT2D eigenvalue weighted by molar-refractivity contribution is 0.0959. The van der Waals surface area contributed by atoms with Crippen LogP contribution in [0.5, 0.6) is 11.5 Å². The minimum Gasteiger partial charge on any atom is -0.504 e. The maximum Gasteiger partial charge on any atom is 0.283 e. The molecule has 6 nitrogen and oxygen atoms in total. The number of hydrogen-bond acceptors (Lipinski definition) is 6. The largest absolute Gasteiger partial charge is 0.504 e. The van der Waals surface area contributed by atoms with Crippen molar-refractivity contribution in [3.63, 3.8) is 0 Å². The molecule has 2 N–H and O–H groups in total. The number of methoxy groups -OCH3 is 1. The fraction of sp³-hybridized carbons (Fsp3) is 0.105. The Hall–Kier alpha value is -3.19. The average Bonchev–Trinajstić information content (AvgIpc) is 3.12. The van der Waals surface area contributed by atoms with Crippen LogP contribution in [0.1, 0.15) is 20.8 Å². The Balaban J connectivity index is 1.67. The van der Waals surface area contributed by atoms with Gasteiger partial charge in [-0.05, 0) is 36.2 Å². The second-order valence-corrected chi connectivity index (χ2v) is 6.51. The van der Waals surface area contributed by atoms with Crippen molar-refractivity contribution in [2.75, 3.05) is 7.11 Å². The fourth-order valence-electron chi connectivity index (χ4n) is 2.32. The van der Waals surface area contributed by atoms with Crippen molar-refractivity contribution in [1.29, 1.82) is 0 Å². The quantitative estimate of drug-likeness (QED) is 0.533. The highest BCUT2D eigenvalue weighted by atomic mass is 32.1. The van der Waals surface area contributed by atoms with E-state index < -0.39 is 0 Å². The number of benzene rings is 2. The van der Waals surface area contributed by atoms with Gasteiger partial charge in [-0.2, -0.15) is 5.10 Å². The number of aromatic nitrogens is 1. The van der Waals surface area contributed by atoms with Crippen molar-refractivity contribution in [2.45, 2.75) is 6.92 Å². The predicted octanol–water partition coefficient (Wildman–Crippen LogP) is 3.60. The molecule has 2 aromatic carbocycles. The molecule has 0 saturated carbocycles. The maximum absolute atomic E-state index is 12.2. The molecule has 3 aromatic rings. The second-order valence-electron chi connectivity index (χ2n) is 5.47. The van der Waals surface area contributed by atoms with Crippen LogP contribution in [-0.4, -0.2) is 29.3 Å². The van der Waals surface area contributed by atoms with Gasteiger partial charge in [-0.1, -0.05) is 24.3 Å². The normalized spacial score (nSPS) is 10.8. The monoisotopic (exact) mass is 367 g/mol. The summed E-state index contributed by atoms with van der Waals surface area (Å²) < 4.78 is 4.98. The number of hydrogen-bond donors (Lipinski definition) is 2. The zero-order valence-electron chi connectivity index (χ0n) is 14.3. The molecule has 0 spiro atoms. The van der Waals surface area contributed by atoms with Crippen LogP contribution in [0.15, 0.2) is 53.8 Å². The lowest BCUT2D eigenvalue weighted by atomic mass is 10.1. The lowest BCUT2D eigenvalue weighted by Gasteiger charge is -2.03. The summed E-state index contributed by atoms with van der Waals surface area (Å²) in [6, 6.07) is 12.7. The first-order valence-corrected chi connectivity index (χ1v) is 8.62. The topological polar surface area (TPSA) is 83.8 Å². The summed E-state index contributed by atoms with van der Waals surface area (Å²) in [6.45, 7) is 2.01. The van der Waals surface area contributed by atoms with Crippen LogP contribution in [0.4, 0.5) is 0 Å². The Bertz CT molecular complexity index is 966. The number of nitrogens with one attached hydrogen (secondary N) is 1. The predicted molar refractivity (Wildman–Crippen MR) is 102 cm³/mol. The highest BCUT2D eigenvalue weighted by molar-refractivity contribution is 7.16. The van der Waals surface area contributed by atoms with Crippen LogP contribution < -0.4 is 10.2 Å². The highest BCUT2D eigenvalue weighted by Gasteiger charge is 2.12. The number of carbonyl (C=O) groups is 1. The van der Waals surface area contributed by atoms with Gasteiger partial charge < -0.3 is 9.84 Å². The molecule has 0 fully saturated rings. The van der Waals surface area contributed by atoms with Crippen LogP contribution >= 0.6 is 11.3 Å². The number of aryl methyl sites for hydroxylation is 1. The number of carbonyl (C=O) groups excluding carboxylic acids is 1. The van der Waals surface area contributed by atoms with Gasteiger partial charge in [-0.3, -0.25) is 4.79 Å². The summed E-state index contributed by atoms with van der Waals surface area (Å²) in [4.78, 5) is 17.0. The molecule has 1 amide bonds. The van der Waals surface area contributed by atoms with Gasteiger partial charge in [0.05, 0.1) is 19.5 Å². The Labute approximate surface area is 154 Å². The van der Waals surface area contributed by atoms with E-state index in [2.05, 4.69) is 15.5 Å². The average molecular weight is 367 g/mol. The van der Waals surface area contributed by atoms with Gasteiger partial charge in [0.2, 0.25) is 0 Å². The minimum absolute atomic E-state index is 0.00751. The van der Waals surface area contributed by atoms with Crippen molar-refractivity contribution in [1.82, 2.24) is 10.4 Å². The first kappa shape index (κ1) is 17.6. The summed E-state index contributed by atoms with van der Waals surface area (Å²) in [7, 11) is 1.48. The molecule has 7 heteroatoms. The number of hydrazone groups is 1. The Morgan fingerprint density at radius 3 is 2.85 bits per heavy atom. The van der Waals surface area contributed by atoms with E-state index in [-0.39, 0.29) is 11.7 Å². The molecule has 0 unspecified atom stereocenters. The van der Waals surface area contributed by atoms with Gasteiger partial charge in [0, 0.05) is 5.56 Å². The standard InChI is InChI=1S/C19H17N3O3S/c1-12-5-3-4-6-14(12)19-20-11-17(26-19)18(24)22-21-10-13-7-8-16(25-2)15(23)9-13/h3-11,23H,1-2H3,(H,22,24)/b21-10+. The molecule has 0 aliphatic carbocycles. The van der Waals surface area contributed by atoms with E-state index in [9.17, 15) is 9.90 Å². The van der Waals surface area contributed by atoms with E-state index in [0.29, 0.717) is 16.2 Å². The maximum atomic E-state index is 12.2. The number of rotatable bonds is 5. The fourth-order valence-corrected chi connectivity index (χ4v) is 3.22. The van der Waals surface area contributed by atoms with Crippen molar-refractivity contribution < 1.29 is 14.6 Å². The first-order valence-electron chi connectivity index (χ1n) is 7.80. The van der Waals surface area contributed by atoms with Crippen LogP contribution in [0.2, 0.25) is 0 Å². The van der Waals surface area contributed by atoms with Gasteiger partial charge in [0.1, 0.15) is 9.88 Å². The van der Waals surface area contributed by atoms with Gasteiger partial charge >= 0.3 is 0 Å². The summed E-state index contributed by atoms with van der Waals surface area (Å²) in [6.07, 6.45) is 2.98. The Kier molecular flexibility index (Phi) is 5.28. The molecule has 0 saturated heterocycles. The summed E-state index contributed by atoms with van der Waals surface area (Å²) in [5.74, 6) is 0.0454. The van der Waals surface area contributed by atoms with E-state index in [4.69, 9.17) is 4.74 Å². The van der Waals surface area contributed by atoms with Gasteiger partial charge in [-0.25, -0.2) is 10.4 Å². The van der Waals surface area contributed by atoms with Crippen molar-refractivity contribution in [3.05, 3.63) is 64.7 Å². The Morgan fingerprint density at radius 2 is 2.12 bits per heavy atom. The molecule has 132 valence electrons. The summed E-state index contributed by atoms with van der Waals surface area (Å²) in [5, 5.41) is 14.4. The zero-order valence-corrected chi connectivity index (χ0v) is 15.1. The number of aromatic hydroxyl groups is 1. The van der Waals surface area contributed by atoms with Gasteiger partial charge in [-0.15, -0.1) is 11.3 Å². The van der Waals surface area contributed by atoms with Crippen molar-refractivity contribution in [3.8, 4) is 22.1 Å². The molecule has 0 aliphatic rings. The third-order valence-electron chi connectivity index (χ3n) is 3.69. The molecule has 26 heavy (non-hydrogen) atoms. The van der Waals surface area contributed by atoms with Crippen LogP contribution in [0.25, 0.3) is 10.6 Å². The third-order valence-corrected chi connectivity index (χ3v) is 4.72. The van der Waals surface area contributed by atoms with Crippen LogP contribution in [0.3, 0.4) is 0 Å². The third kappa shape index (κ3) is 3.89. The summed E-state index contributed by atoms with van der Waals surface area (Å²) in [5.41, 5.74) is 5.21. The Morgan fingerprint density at radius 1 is 1.31 bits per heavy atom. The van der Waals surface area contributed by atoms with E-state index in [1.165, 1.54) is 36.9 Å². The number of nitrogens with zero attached hydrogens (tertiary/aromatic N) is 2. The smallest absolute Gasteiger partial charge is 0.283 e. The molecular weight excluding hydrogens is 350 g/mol. The van der Waals surface area contributed by atoms with Crippen molar-refractivity contribution >= 4 is 23.5 Å². The van der Waals surface area contributed by atoms with Crippen LogP contribution in [0, 0.1) is 6.92 Å². The van der Waals surface area contributed by atoms with E-state index in [0.717, 1.165) is 16.1 Å². The molecule has 3 rings (SSSR count). The lowest BCUT2D eigenvalue weighted by Crippen LogP contribution is -2.16. The van der Waals surface area contributed by atoms with E-state index in [1.807, 2.05) is 31.2 Å². The molecule has 0 aliphatic heterocycles. The molecule has 1 heterocycles. The molecule has 1 aromatic heterocycles. The van der Waals surface area contributed by atoms with E-state index >= 15 is 0 Å². The molecule has 0 radical (unpaired) electrons. The summed E-state index contributed by atoms with van der Waals surface area (Å²) >= 11 is 1.31. The number of phenols is 1. The zero-order chi connectivity index (χ0) is 18.5. The highest BCUT2D eigenvalue weighted by Crippen LogP contribution is 2.28. The van der Waals surface area contributed by atoms with E-state index in [1.54, 1.807) is 12.1 Å². The molecule has 0 bridgehead atoms. The van der Waals surface area contributed by atoms with Crippen LogP contribution in [-0.2, 0) is 0 Å². The number of thiazole rings is 1. The number of phenolic OH excluding ortho intramolecular Hbond substituents is 1. The van der Waals surface area contributed by atoms with Gasteiger partial charge in [0.25, 0.3) is 5.91 Å². The second kappa shape index (κ2) is 7.79. The first-order chi connectivity index (χ1) is 12.6. The molecular formula is C19H17N3O3S. The minimum atomic E-state index is -0.337. The molecule has 0 atom stereocenters.